The van der Waals surface area contributed by atoms with Gasteiger partial charge in [0.25, 0.3) is 0 Å². The van der Waals surface area contributed by atoms with Crippen LogP contribution >= 0.6 is 23.2 Å². The second-order valence-corrected chi connectivity index (χ2v) is 6.07. The highest BCUT2D eigenvalue weighted by Crippen LogP contribution is 2.40. The third-order valence-corrected chi connectivity index (χ3v) is 4.00. The third kappa shape index (κ3) is 4.49. The first kappa shape index (κ1) is 18.3. The minimum Gasteiger partial charge on any atom is -0.479 e. The summed E-state index contributed by atoms with van der Waals surface area (Å²) in [6.45, 7) is 2.62. The van der Waals surface area contributed by atoms with Crippen LogP contribution in [0.5, 0.6) is 0 Å². The van der Waals surface area contributed by atoms with E-state index < -0.39 is 37.0 Å². The van der Waals surface area contributed by atoms with Crippen LogP contribution in [0.3, 0.4) is 0 Å². The van der Waals surface area contributed by atoms with E-state index in [-0.39, 0.29) is 5.57 Å². The molecule has 0 radical (unpaired) electrons. The van der Waals surface area contributed by atoms with Gasteiger partial charge in [0.15, 0.2) is 6.61 Å². The van der Waals surface area contributed by atoms with E-state index in [0.29, 0.717) is 22.9 Å². The minimum absolute atomic E-state index is 0.177. The van der Waals surface area contributed by atoms with Gasteiger partial charge in [0.1, 0.15) is 6.10 Å². The van der Waals surface area contributed by atoms with Crippen molar-refractivity contribution in [2.75, 3.05) is 6.61 Å². The van der Waals surface area contributed by atoms with Crippen molar-refractivity contribution in [2.45, 2.75) is 25.4 Å². The van der Waals surface area contributed by atoms with Crippen LogP contribution in [-0.2, 0) is 30.3 Å². The first-order valence-corrected chi connectivity index (χ1v) is 7.77. The zero-order valence-electron chi connectivity index (χ0n) is 12.5. The summed E-state index contributed by atoms with van der Waals surface area (Å²) in [5, 5.41) is 9.41. The lowest BCUT2D eigenvalue weighted by Gasteiger charge is -2.14. The summed E-state index contributed by atoms with van der Waals surface area (Å²) in [7, 11) is 0. The second kappa shape index (κ2) is 7.68. The van der Waals surface area contributed by atoms with Gasteiger partial charge in [0.2, 0.25) is 0 Å². The molecule has 128 valence electrons. The van der Waals surface area contributed by atoms with Crippen molar-refractivity contribution in [1.82, 2.24) is 0 Å². The predicted molar refractivity (Wildman–Crippen MR) is 86.0 cm³/mol. The molecular formula is C16H14Cl2O6. The zero-order valence-corrected chi connectivity index (χ0v) is 14.0. The fourth-order valence-electron chi connectivity index (χ4n) is 2.40. The number of ether oxygens (including phenoxy) is 2. The maximum atomic E-state index is 12.0. The van der Waals surface area contributed by atoms with Crippen molar-refractivity contribution >= 4 is 41.1 Å². The van der Waals surface area contributed by atoms with Crippen LogP contribution in [-0.4, -0.2) is 29.6 Å². The van der Waals surface area contributed by atoms with Gasteiger partial charge in [-0.25, -0.2) is 9.59 Å². The van der Waals surface area contributed by atoms with Gasteiger partial charge in [-0.2, -0.15) is 0 Å². The van der Waals surface area contributed by atoms with Crippen LogP contribution in [0, 0.1) is 0 Å². The number of halogens is 2. The number of carboxylic acids is 1. The smallest absolute Gasteiger partial charge is 0.341 e. The van der Waals surface area contributed by atoms with Crippen molar-refractivity contribution < 1.29 is 29.0 Å². The van der Waals surface area contributed by atoms with E-state index >= 15 is 0 Å². The van der Waals surface area contributed by atoms with Gasteiger partial charge in [-0.3, -0.25) is 4.79 Å². The maximum absolute atomic E-state index is 12.0. The van der Waals surface area contributed by atoms with Gasteiger partial charge in [0.05, 0.1) is 6.42 Å². The largest absolute Gasteiger partial charge is 0.479 e. The molecule has 0 aromatic heterocycles. The summed E-state index contributed by atoms with van der Waals surface area (Å²) >= 11 is 12.1. The number of esters is 2. The van der Waals surface area contributed by atoms with Gasteiger partial charge < -0.3 is 14.6 Å². The SMILES string of the molecule is C=C(CC(=O)OC1CCc2c(Cl)cc(Cl)cc21)C(=O)OCC(=O)O. The molecule has 1 aliphatic rings. The maximum Gasteiger partial charge on any atom is 0.341 e. The van der Waals surface area contributed by atoms with Crippen molar-refractivity contribution in [3.63, 3.8) is 0 Å². The predicted octanol–water partition coefficient (Wildman–Crippen LogP) is 3.10. The lowest BCUT2D eigenvalue weighted by molar-refractivity contribution is -0.154. The summed E-state index contributed by atoms with van der Waals surface area (Å²) in [4.78, 5) is 33.8. The normalized spacial score (nSPS) is 15.5. The molecule has 1 aromatic rings. The summed E-state index contributed by atoms with van der Waals surface area (Å²) in [5.74, 6) is -2.91. The Balaban J connectivity index is 1.94. The Morgan fingerprint density at radius 1 is 1.29 bits per heavy atom. The number of benzene rings is 1. The lowest BCUT2D eigenvalue weighted by atomic mass is 10.1. The van der Waals surface area contributed by atoms with E-state index in [1.54, 1.807) is 12.1 Å². The number of hydrogen-bond acceptors (Lipinski definition) is 5. The molecule has 0 bridgehead atoms. The first-order valence-electron chi connectivity index (χ1n) is 7.02. The molecule has 0 heterocycles. The Bertz CT molecular complexity index is 713. The molecule has 0 amide bonds. The standard InChI is InChI=1S/C16H14Cl2O6/c1-8(16(22)23-7-14(19)20)4-15(21)24-13-3-2-10-11(13)5-9(17)6-12(10)18/h5-6,13H,1-4,7H2,(H,19,20). The molecule has 0 fully saturated rings. The Kier molecular flexibility index (Phi) is 5.85. The monoisotopic (exact) mass is 372 g/mol. The van der Waals surface area contributed by atoms with Crippen LogP contribution in [0.4, 0.5) is 0 Å². The van der Waals surface area contributed by atoms with E-state index in [0.717, 1.165) is 11.1 Å². The van der Waals surface area contributed by atoms with Gasteiger partial charge >= 0.3 is 17.9 Å². The number of aliphatic carboxylic acids is 1. The Hall–Kier alpha value is -2.05. The Labute approximate surface area is 147 Å². The number of carbonyl (C=O) groups excluding carboxylic acids is 2. The topological polar surface area (TPSA) is 89.9 Å². The van der Waals surface area contributed by atoms with Gasteiger partial charge in [-0.1, -0.05) is 29.8 Å². The molecule has 2 rings (SSSR count). The number of carbonyl (C=O) groups is 3. The Morgan fingerprint density at radius 3 is 2.67 bits per heavy atom. The van der Waals surface area contributed by atoms with Crippen LogP contribution in [0.1, 0.15) is 30.1 Å². The van der Waals surface area contributed by atoms with Gasteiger partial charge in [0, 0.05) is 15.6 Å². The summed E-state index contributed by atoms with van der Waals surface area (Å²) in [5.41, 5.74) is 1.46. The van der Waals surface area contributed by atoms with E-state index in [2.05, 4.69) is 11.3 Å². The second-order valence-electron chi connectivity index (χ2n) is 5.22. The van der Waals surface area contributed by atoms with Crippen molar-refractivity contribution in [1.29, 1.82) is 0 Å². The third-order valence-electron chi connectivity index (χ3n) is 3.45. The van der Waals surface area contributed by atoms with Crippen LogP contribution in [0.15, 0.2) is 24.3 Å². The summed E-state index contributed by atoms with van der Waals surface area (Å²) in [6.07, 6.45) is 0.340. The fraction of sp³-hybridized carbons (Fsp3) is 0.312. The molecule has 24 heavy (non-hydrogen) atoms. The highest BCUT2D eigenvalue weighted by Gasteiger charge is 2.28. The summed E-state index contributed by atoms with van der Waals surface area (Å²) in [6, 6.07) is 3.33. The Morgan fingerprint density at radius 2 is 2.00 bits per heavy atom. The molecule has 0 saturated carbocycles. The van der Waals surface area contributed by atoms with Crippen molar-refractivity contribution in [3.05, 3.63) is 45.5 Å². The summed E-state index contributed by atoms with van der Waals surface area (Å²) < 4.78 is 9.80. The number of rotatable bonds is 6. The molecule has 8 heteroatoms. The molecule has 1 unspecified atom stereocenters. The molecule has 0 aliphatic heterocycles. The average molecular weight is 373 g/mol. The highest BCUT2D eigenvalue weighted by molar-refractivity contribution is 6.35. The molecule has 1 atom stereocenters. The zero-order chi connectivity index (χ0) is 17.9. The molecule has 1 N–H and O–H groups in total. The average Bonchev–Trinajstić information content (AvgIpc) is 2.87. The van der Waals surface area contributed by atoms with E-state index in [1.165, 1.54) is 0 Å². The fourth-order valence-corrected chi connectivity index (χ4v) is 3.01. The van der Waals surface area contributed by atoms with Crippen molar-refractivity contribution in [2.24, 2.45) is 0 Å². The van der Waals surface area contributed by atoms with Crippen LogP contribution in [0.25, 0.3) is 0 Å². The minimum atomic E-state index is -1.30. The molecule has 0 saturated heterocycles. The first-order chi connectivity index (χ1) is 11.3. The number of hydrogen-bond donors (Lipinski definition) is 1. The van der Waals surface area contributed by atoms with Crippen molar-refractivity contribution in [3.8, 4) is 0 Å². The molecule has 0 spiro atoms. The van der Waals surface area contributed by atoms with Gasteiger partial charge in [-0.15, -0.1) is 0 Å². The molecule has 6 nitrogen and oxygen atoms in total. The van der Waals surface area contributed by atoms with Crippen LogP contribution < -0.4 is 0 Å². The number of carboxylic acid groups (broad SMARTS) is 1. The van der Waals surface area contributed by atoms with E-state index in [9.17, 15) is 14.4 Å². The molecule has 1 aliphatic carbocycles. The quantitative estimate of drug-likeness (QED) is 0.609. The van der Waals surface area contributed by atoms with E-state index in [1.807, 2.05) is 0 Å². The molecular weight excluding hydrogens is 359 g/mol. The highest BCUT2D eigenvalue weighted by atomic mass is 35.5. The molecule has 1 aromatic carbocycles. The van der Waals surface area contributed by atoms with Gasteiger partial charge in [-0.05, 0) is 36.1 Å². The van der Waals surface area contributed by atoms with E-state index in [4.69, 9.17) is 33.0 Å². The lowest BCUT2D eigenvalue weighted by Crippen LogP contribution is -2.17. The van der Waals surface area contributed by atoms with Crippen LogP contribution in [0.2, 0.25) is 10.0 Å². The number of fused-ring (bicyclic) bond motifs is 1.